The number of benzene rings is 1. The molecule has 2 N–H and O–H groups in total. The first kappa shape index (κ1) is 14.3. The fourth-order valence-electron chi connectivity index (χ4n) is 3.31. The van der Waals surface area contributed by atoms with E-state index in [4.69, 9.17) is 10.3 Å². The van der Waals surface area contributed by atoms with Gasteiger partial charge in [-0.05, 0) is 24.8 Å². The minimum absolute atomic E-state index is 0.102. The van der Waals surface area contributed by atoms with E-state index < -0.39 is 0 Å². The van der Waals surface area contributed by atoms with Gasteiger partial charge in [-0.25, -0.2) is 0 Å². The van der Waals surface area contributed by atoms with Gasteiger partial charge in [0.2, 0.25) is 5.89 Å². The molecule has 1 aromatic heterocycles. The smallest absolute Gasteiger partial charge is 0.243 e. The Kier molecular flexibility index (Phi) is 4.06. The lowest BCUT2D eigenvalue weighted by molar-refractivity contribution is 0.304. The van der Waals surface area contributed by atoms with Gasteiger partial charge < -0.3 is 10.3 Å². The van der Waals surface area contributed by atoms with Crippen LogP contribution >= 0.6 is 0 Å². The monoisotopic (exact) mass is 285 g/mol. The summed E-state index contributed by atoms with van der Waals surface area (Å²) in [6.07, 6.45) is 6.67. The molecule has 0 bridgehead atoms. The highest BCUT2D eigenvalue weighted by atomic mass is 16.5. The molecule has 1 aliphatic rings. The largest absolute Gasteiger partial charge is 0.338 e. The molecular formula is C17H23N3O. The molecule has 21 heavy (non-hydrogen) atoms. The maximum absolute atomic E-state index is 6.02. The number of hydrogen-bond donors (Lipinski definition) is 1. The van der Waals surface area contributed by atoms with E-state index in [9.17, 15) is 0 Å². The van der Waals surface area contributed by atoms with Crippen molar-refractivity contribution in [2.75, 3.05) is 0 Å². The molecule has 1 aromatic carbocycles. The molecule has 0 radical (unpaired) electrons. The second kappa shape index (κ2) is 5.98. The Morgan fingerprint density at radius 2 is 1.90 bits per heavy atom. The van der Waals surface area contributed by atoms with Crippen molar-refractivity contribution in [2.45, 2.75) is 56.9 Å². The fraction of sp³-hybridized carbons (Fsp3) is 0.529. The highest BCUT2D eigenvalue weighted by Crippen LogP contribution is 2.43. The second-order valence-corrected chi connectivity index (χ2v) is 5.98. The van der Waals surface area contributed by atoms with Gasteiger partial charge in [-0.2, -0.15) is 4.98 Å². The summed E-state index contributed by atoms with van der Waals surface area (Å²) in [5.74, 6) is 1.38. The molecule has 2 aromatic rings. The van der Waals surface area contributed by atoms with Crippen LogP contribution in [-0.2, 0) is 5.41 Å². The van der Waals surface area contributed by atoms with E-state index in [-0.39, 0.29) is 11.5 Å². The zero-order chi connectivity index (χ0) is 14.7. The van der Waals surface area contributed by atoms with E-state index in [1.807, 2.05) is 6.92 Å². The first-order valence-corrected chi connectivity index (χ1v) is 7.91. The summed E-state index contributed by atoms with van der Waals surface area (Å²) in [4.78, 5) is 4.65. The first-order valence-electron chi connectivity index (χ1n) is 7.91. The van der Waals surface area contributed by atoms with Crippen LogP contribution in [0.25, 0.3) is 0 Å². The van der Waals surface area contributed by atoms with Gasteiger partial charge in [0.1, 0.15) is 0 Å². The Bertz CT molecular complexity index is 573. The zero-order valence-electron chi connectivity index (χ0n) is 12.6. The van der Waals surface area contributed by atoms with Gasteiger partial charge in [0.05, 0.1) is 11.5 Å². The van der Waals surface area contributed by atoms with Crippen molar-refractivity contribution < 1.29 is 4.52 Å². The molecule has 1 atom stereocenters. The van der Waals surface area contributed by atoms with Crippen molar-refractivity contribution in [3.05, 3.63) is 47.6 Å². The van der Waals surface area contributed by atoms with Gasteiger partial charge in [0.15, 0.2) is 5.82 Å². The summed E-state index contributed by atoms with van der Waals surface area (Å²) in [6.45, 7) is 2.03. The molecule has 1 fully saturated rings. The number of aromatic nitrogens is 2. The molecular weight excluding hydrogens is 262 g/mol. The maximum atomic E-state index is 6.02. The Balaban J connectivity index is 2.02. The van der Waals surface area contributed by atoms with Gasteiger partial charge in [0, 0.05) is 0 Å². The van der Waals surface area contributed by atoms with E-state index >= 15 is 0 Å². The van der Waals surface area contributed by atoms with E-state index in [0.717, 1.165) is 25.1 Å². The normalized spacial score (nSPS) is 19.3. The van der Waals surface area contributed by atoms with Crippen molar-refractivity contribution in [1.82, 2.24) is 10.1 Å². The Labute approximate surface area is 125 Å². The summed E-state index contributed by atoms with van der Waals surface area (Å²) >= 11 is 0. The summed E-state index contributed by atoms with van der Waals surface area (Å²) < 4.78 is 5.43. The quantitative estimate of drug-likeness (QED) is 0.929. The lowest BCUT2D eigenvalue weighted by Crippen LogP contribution is -2.31. The molecule has 4 heteroatoms. The molecule has 1 aliphatic carbocycles. The highest BCUT2D eigenvalue weighted by Gasteiger charge is 2.40. The van der Waals surface area contributed by atoms with Crippen LogP contribution in [0.4, 0.5) is 0 Å². The van der Waals surface area contributed by atoms with Crippen molar-refractivity contribution >= 4 is 0 Å². The minimum Gasteiger partial charge on any atom is -0.338 e. The minimum atomic E-state index is -0.164. The van der Waals surface area contributed by atoms with Crippen LogP contribution in [0.1, 0.15) is 68.8 Å². The van der Waals surface area contributed by atoms with Crippen molar-refractivity contribution in [1.29, 1.82) is 0 Å². The van der Waals surface area contributed by atoms with Crippen LogP contribution < -0.4 is 5.73 Å². The molecule has 0 aliphatic heterocycles. The van der Waals surface area contributed by atoms with Crippen LogP contribution in [0.3, 0.4) is 0 Å². The van der Waals surface area contributed by atoms with Crippen LogP contribution in [0, 0.1) is 0 Å². The Hall–Kier alpha value is -1.68. The van der Waals surface area contributed by atoms with Gasteiger partial charge in [-0.15, -0.1) is 0 Å². The van der Waals surface area contributed by atoms with Crippen LogP contribution in [0.5, 0.6) is 0 Å². The number of hydrogen-bond acceptors (Lipinski definition) is 4. The molecule has 3 rings (SSSR count). The lowest BCUT2D eigenvalue weighted by Gasteiger charge is -2.35. The van der Waals surface area contributed by atoms with Gasteiger partial charge in [0.25, 0.3) is 0 Å². The predicted molar refractivity (Wildman–Crippen MR) is 81.8 cm³/mol. The third kappa shape index (κ3) is 2.60. The van der Waals surface area contributed by atoms with Crippen molar-refractivity contribution in [2.24, 2.45) is 5.73 Å². The maximum Gasteiger partial charge on any atom is 0.243 e. The Morgan fingerprint density at radius 1 is 1.19 bits per heavy atom. The molecule has 0 amide bonds. The van der Waals surface area contributed by atoms with Crippen molar-refractivity contribution in [3.8, 4) is 0 Å². The highest BCUT2D eigenvalue weighted by molar-refractivity contribution is 5.33. The van der Waals surface area contributed by atoms with Gasteiger partial charge >= 0.3 is 0 Å². The molecule has 0 saturated heterocycles. The molecule has 1 heterocycles. The van der Waals surface area contributed by atoms with E-state index in [0.29, 0.717) is 5.89 Å². The predicted octanol–water partition coefficient (Wildman–Crippen LogP) is 3.73. The third-order valence-electron chi connectivity index (χ3n) is 4.66. The van der Waals surface area contributed by atoms with Gasteiger partial charge in [-0.3, -0.25) is 0 Å². The average Bonchev–Trinajstić information content (AvgIpc) is 3.06. The van der Waals surface area contributed by atoms with E-state index in [1.165, 1.54) is 24.8 Å². The third-order valence-corrected chi connectivity index (χ3v) is 4.66. The Morgan fingerprint density at radius 3 is 2.57 bits per heavy atom. The molecule has 1 unspecified atom stereocenters. The SMILES string of the molecule is CCC(N)c1nc(C2(c3ccccc3)CCCCC2)no1. The summed E-state index contributed by atoms with van der Waals surface area (Å²) in [7, 11) is 0. The second-order valence-electron chi connectivity index (χ2n) is 5.98. The number of nitrogens with two attached hydrogens (primary N) is 1. The molecule has 4 nitrogen and oxygen atoms in total. The zero-order valence-corrected chi connectivity index (χ0v) is 12.6. The van der Waals surface area contributed by atoms with Crippen molar-refractivity contribution in [3.63, 3.8) is 0 Å². The van der Waals surface area contributed by atoms with Crippen LogP contribution in [-0.4, -0.2) is 10.1 Å². The lowest BCUT2D eigenvalue weighted by atomic mass is 9.69. The van der Waals surface area contributed by atoms with E-state index in [1.54, 1.807) is 0 Å². The first-order chi connectivity index (χ1) is 10.3. The molecule has 1 saturated carbocycles. The number of rotatable bonds is 4. The molecule has 112 valence electrons. The van der Waals surface area contributed by atoms with Crippen LogP contribution in [0.2, 0.25) is 0 Å². The summed E-state index contributed by atoms with van der Waals surface area (Å²) in [6, 6.07) is 10.4. The standard InChI is InChI=1S/C17H23N3O/c1-2-14(18)15-19-16(20-21-15)17(11-7-4-8-12-17)13-9-5-3-6-10-13/h3,5-6,9-10,14H,2,4,7-8,11-12,18H2,1H3. The fourth-order valence-corrected chi connectivity index (χ4v) is 3.31. The van der Waals surface area contributed by atoms with Gasteiger partial charge in [-0.1, -0.05) is 61.7 Å². The average molecular weight is 285 g/mol. The summed E-state index contributed by atoms with van der Waals surface area (Å²) in [5, 5.41) is 4.29. The number of nitrogens with zero attached hydrogens (tertiary/aromatic N) is 2. The van der Waals surface area contributed by atoms with Crippen LogP contribution in [0.15, 0.2) is 34.9 Å². The van der Waals surface area contributed by atoms with E-state index in [2.05, 4.69) is 40.5 Å². The molecule has 0 spiro atoms. The topological polar surface area (TPSA) is 64.9 Å². The summed E-state index contributed by atoms with van der Waals surface area (Å²) in [5.41, 5.74) is 7.21.